The molecule has 150 valence electrons. The van der Waals surface area contributed by atoms with Crippen molar-refractivity contribution in [2.24, 2.45) is 0 Å². The number of anilines is 1. The van der Waals surface area contributed by atoms with Gasteiger partial charge in [0.2, 0.25) is 15.9 Å². The van der Waals surface area contributed by atoms with Crippen LogP contribution in [0.2, 0.25) is 5.02 Å². The Morgan fingerprint density at radius 3 is 2.72 bits per heavy atom. The number of H-pyrrole nitrogens is 1. The third-order valence-electron chi connectivity index (χ3n) is 4.87. The molecule has 0 aliphatic carbocycles. The maximum atomic E-state index is 12.5. The predicted octanol–water partition coefficient (Wildman–Crippen LogP) is 2.86. The van der Waals surface area contributed by atoms with Gasteiger partial charge in [-0.25, -0.2) is 12.7 Å². The van der Waals surface area contributed by atoms with Crippen molar-refractivity contribution in [1.82, 2.24) is 10.3 Å². The molecule has 0 radical (unpaired) electrons. The van der Waals surface area contributed by atoms with Gasteiger partial charge in [-0.05, 0) is 36.2 Å². The Hall–Kier alpha value is -2.84. The normalized spacial score (nSPS) is 15.8. The highest BCUT2D eigenvalue weighted by Crippen LogP contribution is 2.29. The van der Waals surface area contributed by atoms with E-state index in [9.17, 15) is 18.0 Å². The Bertz CT molecular complexity index is 1220. The zero-order chi connectivity index (χ0) is 20.6. The van der Waals surface area contributed by atoms with Crippen molar-refractivity contribution in [3.63, 3.8) is 0 Å². The van der Waals surface area contributed by atoms with E-state index in [0.29, 0.717) is 13.0 Å². The van der Waals surface area contributed by atoms with E-state index in [1.165, 1.54) is 18.2 Å². The summed E-state index contributed by atoms with van der Waals surface area (Å²) in [6.07, 6.45) is 2.51. The average Bonchev–Trinajstić information content (AvgIpc) is 3.21. The molecule has 0 bridgehead atoms. The number of fused-ring (bicyclic) bond motifs is 1. The summed E-state index contributed by atoms with van der Waals surface area (Å²) in [6, 6.07) is 12.1. The van der Waals surface area contributed by atoms with Crippen molar-refractivity contribution in [2.45, 2.75) is 12.8 Å². The molecule has 3 aromatic rings. The van der Waals surface area contributed by atoms with Crippen molar-refractivity contribution < 1.29 is 18.0 Å². The Kier molecular flexibility index (Phi) is 5.06. The van der Waals surface area contributed by atoms with E-state index in [-0.39, 0.29) is 34.4 Å². The van der Waals surface area contributed by atoms with E-state index in [1.807, 2.05) is 30.5 Å². The zero-order valence-electron chi connectivity index (χ0n) is 15.3. The number of benzene rings is 2. The predicted molar refractivity (Wildman–Crippen MR) is 112 cm³/mol. The lowest BCUT2D eigenvalue weighted by Crippen LogP contribution is -2.29. The summed E-state index contributed by atoms with van der Waals surface area (Å²) in [5, 5.41) is 4.02. The molecule has 2 N–H and O–H groups in total. The lowest BCUT2D eigenvalue weighted by Gasteiger charge is -2.16. The molecule has 9 heteroatoms. The molecule has 0 unspecified atom stereocenters. The highest BCUT2D eigenvalue weighted by Gasteiger charge is 2.36. The standard InChI is InChI=1S/C20H18ClN3O4S/c21-17-11-14(24-19(25)8-10-29(24,27)28)5-6-16(17)20(26)22-9-7-13-12-23-18-4-2-1-3-15(13)18/h1-6,11-12,23H,7-10H2,(H,22,26). The summed E-state index contributed by atoms with van der Waals surface area (Å²) in [5.74, 6) is -1.09. The van der Waals surface area contributed by atoms with Gasteiger partial charge in [-0.3, -0.25) is 9.59 Å². The number of hydrogen-bond acceptors (Lipinski definition) is 4. The van der Waals surface area contributed by atoms with Crippen LogP contribution in [0.15, 0.2) is 48.7 Å². The molecule has 0 spiro atoms. The molecule has 0 saturated carbocycles. The van der Waals surface area contributed by atoms with Gasteiger partial charge >= 0.3 is 0 Å². The van der Waals surface area contributed by atoms with Crippen molar-refractivity contribution >= 4 is 50.0 Å². The number of aromatic amines is 1. The van der Waals surface area contributed by atoms with Crippen LogP contribution in [-0.2, 0) is 21.2 Å². The summed E-state index contributed by atoms with van der Waals surface area (Å²) in [4.78, 5) is 27.6. The number of hydrogen-bond donors (Lipinski definition) is 2. The Balaban J connectivity index is 1.44. The third kappa shape index (κ3) is 3.73. The molecule has 2 heterocycles. The SMILES string of the molecule is O=C(NCCc1c[nH]c2ccccc12)c1ccc(N2C(=O)CCS2(=O)=O)cc1Cl. The second kappa shape index (κ2) is 7.53. The third-order valence-corrected chi connectivity index (χ3v) is 6.87. The second-order valence-electron chi connectivity index (χ2n) is 6.75. The molecule has 1 aromatic heterocycles. The Labute approximate surface area is 172 Å². The van der Waals surface area contributed by atoms with Crippen LogP contribution >= 0.6 is 11.6 Å². The minimum Gasteiger partial charge on any atom is -0.361 e. The van der Waals surface area contributed by atoms with Crippen molar-refractivity contribution in [2.75, 3.05) is 16.6 Å². The molecule has 2 aromatic carbocycles. The number of carbonyl (C=O) groups excluding carboxylic acids is 2. The number of rotatable bonds is 5. The van der Waals surface area contributed by atoms with Gasteiger partial charge < -0.3 is 10.3 Å². The minimum atomic E-state index is -3.67. The largest absolute Gasteiger partial charge is 0.361 e. The first-order valence-corrected chi connectivity index (χ1v) is 11.0. The maximum Gasteiger partial charge on any atom is 0.252 e. The number of aromatic nitrogens is 1. The van der Waals surface area contributed by atoms with Gasteiger partial charge in [0.15, 0.2) is 0 Å². The van der Waals surface area contributed by atoms with Gasteiger partial charge in [0.25, 0.3) is 5.91 Å². The topological polar surface area (TPSA) is 99.3 Å². The monoisotopic (exact) mass is 431 g/mol. The Morgan fingerprint density at radius 1 is 1.21 bits per heavy atom. The molecule has 1 saturated heterocycles. The van der Waals surface area contributed by atoms with Crippen LogP contribution in [0.1, 0.15) is 22.3 Å². The van der Waals surface area contributed by atoms with Gasteiger partial charge in [-0.2, -0.15) is 0 Å². The lowest BCUT2D eigenvalue weighted by molar-refractivity contribution is -0.116. The van der Waals surface area contributed by atoms with Crippen LogP contribution in [0.4, 0.5) is 5.69 Å². The van der Waals surface area contributed by atoms with Crippen molar-refractivity contribution in [1.29, 1.82) is 0 Å². The molecule has 1 fully saturated rings. The van der Waals surface area contributed by atoms with Crippen molar-refractivity contribution in [3.8, 4) is 0 Å². The number of amides is 2. The van der Waals surface area contributed by atoms with Crippen molar-refractivity contribution in [3.05, 3.63) is 64.8 Å². The molecular weight excluding hydrogens is 414 g/mol. The number of para-hydroxylation sites is 1. The molecule has 1 aliphatic rings. The zero-order valence-corrected chi connectivity index (χ0v) is 16.9. The summed E-state index contributed by atoms with van der Waals surface area (Å²) in [5.41, 5.74) is 2.50. The molecule has 29 heavy (non-hydrogen) atoms. The summed E-state index contributed by atoms with van der Waals surface area (Å²) in [7, 11) is -3.67. The summed E-state index contributed by atoms with van der Waals surface area (Å²) < 4.78 is 24.8. The Morgan fingerprint density at radius 2 is 2.00 bits per heavy atom. The first kappa shape index (κ1) is 19.5. The maximum absolute atomic E-state index is 12.5. The first-order chi connectivity index (χ1) is 13.9. The van der Waals surface area contributed by atoms with Gasteiger partial charge in [0.1, 0.15) is 0 Å². The van der Waals surface area contributed by atoms with Gasteiger partial charge in [0.05, 0.1) is 22.0 Å². The lowest BCUT2D eigenvalue weighted by atomic mass is 10.1. The molecule has 2 amide bonds. The smallest absolute Gasteiger partial charge is 0.252 e. The van der Waals surface area contributed by atoms with Crippen LogP contribution in [0.25, 0.3) is 10.9 Å². The number of nitrogens with zero attached hydrogens (tertiary/aromatic N) is 1. The van der Waals surface area contributed by atoms with E-state index in [0.717, 1.165) is 20.8 Å². The van der Waals surface area contributed by atoms with E-state index < -0.39 is 15.9 Å². The van der Waals surface area contributed by atoms with Crippen LogP contribution in [-0.4, -0.2) is 37.5 Å². The van der Waals surface area contributed by atoms with Crippen LogP contribution in [0.5, 0.6) is 0 Å². The summed E-state index contributed by atoms with van der Waals surface area (Å²) in [6.45, 7) is 0.414. The molecule has 1 aliphatic heterocycles. The molecule has 7 nitrogen and oxygen atoms in total. The van der Waals surface area contributed by atoms with Crippen LogP contribution in [0.3, 0.4) is 0 Å². The van der Waals surface area contributed by atoms with Gasteiger partial charge in [-0.1, -0.05) is 29.8 Å². The fraction of sp³-hybridized carbons (Fsp3) is 0.200. The van der Waals surface area contributed by atoms with E-state index in [1.54, 1.807) is 0 Å². The quantitative estimate of drug-likeness (QED) is 0.648. The average molecular weight is 432 g/mol. The molecular formula is C20H18ClN3O4S. The minimum absolute atomic E-state index is 0.0595. The van der Waals surface area contributed by atoms with E-state index >= 15 is 0 Å². The fourth-order valence-electron chi connectivity index (χ4n) is 3.43. The van der Waals surface area contributed by atoms with Gasteiger partial charge in [0, 0.05) is 30.1 Å². The first-order valence-electron chi connectivity index (χ1n) is 9.05. The molecule has 4 rings (SSSR count). The highest BCUT2D eigenvalue weighted by atomic mass is 35.5. The second-order valence-corrected chi connectivity index (χ2v) is 9.10. The van der Waals surface area contributed by atoms with Gasteiger partial charge in [-0.15, -0.1) is 0 Å². The van der Waals surface area contributed by atoms with E-state index in [2.05, 4.69) is 10.3 Å². The number of nitrogens with one attached hydrogen (secondary N) is 2. The highest BCUT2D eigenvalue weighted by molar-refractivity contribution is 7.94. The molecule has 0 atom stereocenters. The number of sulfonamides is 1. The van der Waals surface area contributed by atoms with Crippen LogP contribution < -0.4 is 9.62 Å². The number of carbonyl (C=O) groups is 2. The fourth-order valence-corrected chi connectivity index (χ4v) is 5.14. The van der Waals surface area contributed by atoms with Crippen LogP contribution in [0, 0.1) is 0 Å². The summed E-state index contributed by atoms with van der Waals surface area (Å²) >= 11 is 6.20. The van der Waals surface area contributed by atoms with E-state index in [4.69, 9.17) is 11.6 Å². The number of halogens is 1.